The zero-order valence-electron chi connectivity index (χ0n) is 15.4. The van der Waals surface area contributed by atoms with Crippen LogP contribution in [0, 0.1) is 5.82 Å². The van der Waals surface area contributed by atoms with Crippen LogP contribution < -0.4 is 15.1 Å². The highest BCUT2D eigenvalue weighted by Crippen LogP contribution is 2.28. The normalized spacial score (nSPS) is 11.3. The highest BCUT2D eigenvalue weighted by Gasteiger charge is 2.11. The summed E-state index contributed by atoms with van der Waals surface area (Å²) in [5, 5.41) is 15.6. The summed E-state index contributed by atoms with van der Waals surface area (Å²) in [6, 6.07) is 8.92. The predicted molar refractivity (Wildman–Crippen MR) is 106 cm³/mol. The van der Waals surface area contributed by atoms with Crippen LogP contribution in [-0.2, 0) is 11.3 Å². The van der Waals surface area contributed by atoms with E-state index in [1.54, 1.807) is 12.1 Å². The zero-order valence-corrected chi connectivity index (χ0v) is 16.2. The molecule has 2 heterocycles. The molecule has 0 unspecified atom stereocenters. The van der Waals surface area contributed by atoms with Gasteiger partial charge in [-0.3, -0.25) is 4.79 Å². The van der Waals surface area contributed by atoms with Crippen molar-refractivity contribution in [3.63, 3.8) is 0 Å². The molecular weight excluding hydrogens is 415 g/mol. The Balaban J connectivity index is 1.40. The van der Waals surface area contributed by atoms with Crippen molar-refractivity contribution in [2.75, 3.05) is 7.11 Å². The maximum Gasteiger partial charge on any atom is 0.396 e. The molecule has 0 radical (unpaired) electrons. The number of ether oxygens (including phenoxy) is 1. The molecule has 1 N–H and O–H groups in total. The number of nitrogens with zero attached hydrogens (tertiary/aromatic N) is 5. The second kappa shape index (κ2) is 8.21. The molecule has 0 atom stereocenters. The third-order valence-electron chi connectivity index (χ3n) is 3.88. The lowest BCUT2D eigenvalue weighted by molar-refractivity contribution is -0.122. The first kappa shape index (κ1) is 19.4. The molecule has 0 fully saturated rings. The first-order valence-electron chi connectivity index (χ1n) is 8.49. The molecule has 12 heteroatoms. The molecule has 0 aliphatic heterocycles. The van der Waals surface area contributed by atoms with E-state index in [-0.39, 0.29) is 18.2 Å². The van der Waals surface area contributed by atoms with Crippen molar-refractivity contribution >= 4 is 33.7 Å². The minimum absolute atomic E-state index is 0.211. The number of methoxy groups -OCH3 is 1. The van der Waals surface area contributed by atoms with E-state index in [9.17, 15) is 14.0 Å². The van der Waals surface area contributed by atoms with Crippen LogP contribution in [0.5, 0.6) is 5.75 Å². The largest absolute Gasteiger partial charge is 0.493 e. The number of tetrazole rings is 1. The predicted octanol–water partition coefficient (Wildman–Crippen LogP) is 1.81. The summed E-state index contributed by atoms with van der Waals surface area (Å²) in [6.45, 7) is -0.211. The molecule has 0 saturated heterocycles. The minimum atomic E-state index is -0.477. The molecule has 0 bridgehead atoms. The van der Waals surface area contributed by atoms with E-state index < -0.39 is 10.8 Å². The maximum absolute atomic E-state index is 13.0. The molecule has 4 aromatic rings. The number of carbonyl (C=O) groups excluding carboxylic acids is 1. The fraction of sp³-hybridized carbons (Fsp3) is 0.111. The molecule has 30 heavy (non-hydrogen) atoms. The third-order valence-corrected chi connectivity index (χ3v) is 4.66. The maximum atomic E-state index is 13.0. The minimum Gasteiger partial charge on any atom is -0.493 e. The number of benzene rings is 2. The number of aromatic nitrogens is 4. The summed E-state index contributed by atoms with van der Waals surface area (Å²) in [5.41, 5.74) is 3.90. The standard InChI is InChI=1S/C18H13FN6O4S/c1-28-13-6-10(7-14-16(13)29-18(27)30-14)8-20-21-15(26)9-25-23-17(22-24-25)11-2-4-12(19)5-3-11/h2-8H,9H2,1H3,(H,21,26). The smallest absolute Gasteiger partial charge is 0.396 e. The summed E-state index contributed by atoms with van der Waals surface area (Å²) in [5.74, 6) is -0.193. The number of hydrogen-bond acceptors (Lipinski definition) is 9. The molecule has 0 saturated carbocycles. The second-order valence-electron chi connectivity index (χ2n) is 5.95. The van der Waals surface area contributed by atoms with Crippen molar-refractivity contribution in [2.24, 2.45) is 5.10 Å². The van der Waals surface area contributed by atoms with Gasteiger partial charge in [0, 0.05) is 5.56 Å². The van der Waals surface area contributed by atoms with Crippen molar-refractivity contribution in [3.8, 4) is 17.1 Å². The number of amides is 1. The van der Waals surface area contributed by atoms with Gasteiger partial charge in [-0.2, -0.15) is 9.90 Å². The summed E-state index contributed by atoms with van der Waals surface area (Å²) < 4.78 is 23.9. The van der Waals surface area contributed by atoms with Gasteiger partial charge in [0.05, 0.1) is 18.0 Å². The lowest BCUT2D eigenvalue weighted by atomic mass is 10.2. The molecule has 0 aliphatic rings. The van der Waals surface area contributed by atoms with Gasteiger partial charge in [0.15, 0.2) is 11.3 Å². The fourth-order valence-electron chi connectivity index (χ4n) is 2.56. The Bertz CT molecular complexity index is 1290. The Hall–Kier alpha value is -3.93. The Labute approximate surface area is 171 Å². The van der Waals surface area contributed by atoms with E-state index in [0.717, 1.165) is 16.1 Å². The van der Waals surface area contributed by atoms with Crippen molar-refractivity contribution in [1.82, 2.24) is 25.6 Å². The van der Waals surface area contributed by atoms with Crippen molar-refractivity contribution in [2.45, 2.75) is 6.54 Å². The van der Waals surface area contributed by atoms with E-state index in [2.05, 4.69) is 25.9 Å². The Morgan fingerprint density at radius 2 is 2.17 bits per heavy atom. The third kappa shape index (κ3) is 4.22. The topological polar surface area (TPSA) is 124 Å². The zero-order chi connectivity index (χ0) is 21.1. The first-order valence-corrected chi connectivity index (χ1v) is 9.31. The molecule has 2 aromatic heterocycles. The van der Waals surface area contributed by atoms with Gasteiger partial charge in [-0.1, -0.05) is 11.3 Å². The van der Waals surface area contributed by atoms with Gasteiger partial charge in [0.25, 0.3) is 5.91 Å². The molecule has 0 aliphatic carbocycles. The van der Waals surface area contributed by atoms with Gasteiger partial charge >= 0.3 is 4.94 Å². The SMILES string of the molecule is COc1cc(C=NNC(=O)Cn2nnc(-c3ccc(F)cc3)n2)cc2sc(=O)oc12. The average Bonchev–Trinajstić information content (AvgIpc) is 3.33. The molecule has 4 rings (SSSR count). The van der Waals surface area contributed by atoms with Gasteiger partial charge in [-0.25, -0.2) is 14.6 Å². The van der Waals surface area contributed by atoms with E-state index in [4.69, 9.17) is 9.15 Å². The molecular formula is C18H13FN6O4S. The summed E-state index contributed by atoms with van der Waals surface area (Å²) in [7, 11) is 1.46. The van der Waals surface area contributed by atoms with Gasteiger partial charge in [-0.15, -0.1) is 10.2 Å². The molecule has 1 amide bonds. The van der Waals surface area contributed by atoms with Gasteiger partial charge in [0.1, 0.15) is 12.4 Å². The summed E-state index contributed by atoms with van der Waals surface area (Å²) in [6.07, 6.45) is 1.41. The highest BCUT2D eigenvalue weighted by atomic mass is 32.1. The molecule has 152 valence electrons. The van der Waals surface area contributed by atoms with Crippen LogP contribution in [0.15, 0.2) is 50.7 Å². The van der Waals surface area contributed by atoms with Crippen molar-refractivity contribution in [1.29, 1.82) is 0 Å². The second-order valence-corrected chi connectivity index (χ2v) is 6.93. The average molecular weight is 428 g/mol. The molecule has 0 spiro atoms. The van der Waals surface area contributed by atoms with Crippen LogP contribution in [0.2, 0.25) is 0 Å². The number of hydrazone groups is 1. The number of carbonyl (C=O) groups is 1. The van der Waals surface area contributed by atoms with E-state index >= 15 is 0 Å². The molecule has 2 aromatic carbocycles. The highest BCUT2D eigenvalue weighted by molar-refractivity contribution is 7.16. The number of fused-ring (bicyclic) bond motifs is 1. The van der Waals surface area contributed by atoms with E-state index in [0.29, 0.717) is 27.2 Å². The van der Waals surface area contributed by atoms with Gasteiger partial charge in [0.2, 0.25) is 5.82 Å². The number of halogens is 1. The monoisotopic (exact) mass is 428 g/mol. The van der Waals surface area contributed by atoms with E-state index in [1.807, 2.05) is 0 Å². The Morgan fingerprint density at radius 1 is 1.37 bits per heavy atom. The van der Waals surface area contributed by atoms with Gasteiger partial charge < -0.3 is 9.15 Å². The Kier molecular flexibility index (Phi) is 5.30. The van der Waals surface area contributed by atoms with Crippen LogP contribution in [0.3, 0.4) is 0 Å². The van der Waals surface area contributed by atoms with Crippen LogP contribution in [-0.4, -0.2) is 39.4 Å². The van der Waals surface area contributed by atoms with Crippen LogP contribution >= 0.6 is 11.3 Å². The lowest BCUT2D eigenvalue weighted by Gasteiger charge is -2.02. The van der Waals surface area contributed by atoms with Crippen LogP contribution in [0.4, 0.5) is 4.39 Å². The van der Waals surface area contributed by atoms with Crippen molar-refractivity contribution in [3.05, 3.63) is 57.5 Å². The lowest BCUT2D eigenvalue weighted by Crippen LogP contribution is -2.24. The number of rotatable bonds is 6. The van der Waals surface area contributed by atoms with E-state index in [1.165, 1.54) is 37.6 Å². The van der Waals surface area contributed by atoms with Crippen molar-refractivity contribution < 1.29 is 18.3 Å². The molecule has 10 nitrogen and oxygen atoms in total. The summed E-state index contributed by atoms with van der Waals surface area (Å²) in [4.78, 5) is 24.1. The van der Waals surface area contributed by atoms with Gasteiger partial charge in [-0.05, 0) is 47.2 Å². The van der Waals surface area contributed by atoms with Crippen LogP contribution in [0.1, 0.15) is 5.56 Å². The fourth-order valence-corrected chi connectivity index (χ4v) is 3.30. The Morgan fingerprint density at radius 3 is 2.93 bits per heavy atom. The number of hydrogen-bond donors (Lipinski definition) is 1. The summed E-state index contributed by atoms with van der Waals surface area (Å²) >= 11 is 0.940. The first-order chi connectivity index (χ1) is 14.5. The van der Waals surface area contributed by atoms with Crippen LogP contribution in [0.25, 0.3) is 21.7 Å². The number of nitrogens with one attached hydrogen (secondary N) is 1. The quantitative estimate of drug-likeness (QED) is 0.367.